The van der Waals surface area contributed by atoms with E-state index < -0.39 is 23.9 Å². The number of esters is 4. The Hall–Kier alpha value is -9.43. The molecule has 0 saturated carbocycles. The fraction of sp³-hybridized carbons (Fsp3) is 0.190. The number of rotatable bonds is 14. The van der Waals surface area contributed by atoms with Gasteiger partial charge in [-0.15, -0.1) is 5.10 Å². The second-order valence-corrected chi connectivity index (χ2v) is 18.8. The molecule has 2 atom stereocenters. The molecule has 386 valence electrons. The van der Waals surface area contributed by atoms with Crippen molar-refractivity contribution in [3.63, 3.8) is 0 Å². The largest absolute Gasteiger partial charge is 0.493 e. The first-order chi connectivity index (χ1) is 37.5. The van der Waals surface area contributed by atoms with E-state index in [-0.39, 0.29) is 58.8 Å². The Morgan fingerprint density at radius 3 is 1.75 bits per heavy atom. The smallest absolute Gasteiger partial charge is 0.338 e. The van der Waals surface area contributed by atoms with Crippen molar-refractivity contribution in [3.05, 3.63) is 214 Å². The van der Waals surface area contributed by atoms with Crippen LogP contribution in [0.4, 0.5) is 0 Å². The van der Waals surface area contributed by atoms with Gasteiger partial charge in [0, 0.05) is 23.9 Å². The molecule has 0 amide bonds. The van der Waals surface area contributed by atoms with Gasteiger partial charge in [0.15, 0.2) is 0 Å². The topological polar surface area (TPSA) is 167 Å². The summed E-state index contributed by atoms with van der Waals surface area (Å²) in [6.07, 6.45) is 9.90. The average Bonchev–Trinajstić information content (AvgIpc) is 3.95. The number of hydrogen-bond donors (Lipinski definition) is 0. The van der Waals surface area contributed by atoms with Gasteiger partial charge in [-0.2, -0.15) is 0 Å². The lowest BCUT2D eigenvalue weighted by molar-refractivity contribution is 0.0580. The Morgan fingerprint density at radius 2 is 1.16 bits per heavy atom. The number of aryl methyl sites for hydroxylation is 2. The van der Waals surface area contributed by atoms with E-state index in [4.69, 9.17) is 33.4 Å². The molecule has 0 N–H and O–H groups in total. The van der Waals surface area contributed by atoms with Crippen LogP contribution in [0.25, 0.3) is 50.2 Å². The number of carbonyl (C=O) groups excluding carboxylic acids is 4. The fourth-order valence-corrected chi connectivity index (χ4v) is 9.85. The molecule has 0 spiro atoms. The SMILES string of the molecule is COC(=O)c1cc(OCc2cn(CCC(COc3cc(C(=O)OC)cc(C(=O)OC)c3)c3cc4ccc3-c3ccc(cc3)-c3cccc(n3)C3=CC[C@H](C=C3)c3ccc(c(C)c3)-c3ccc-4cc3)nn2)cc(C(=O)OC)c1. The lowest BCUT2D eigenvalue weighted by Crippen LogP contribution is -2.16. The van der Waals surface area contributed by atoms with Gasteiger partial charge in [0.1, 0.15) is 23.8 Å². The third-order valence-electron chi connectivity index (χ3n) is 14.0. The number of pyridine rings is 1. The molecule has 0 radical (unpaired) electrons. The number of nitrogens with zero attached hydrogens (tertiary/aromatic N) is 4. The Bertz CT molecular complexity index is 3550. The number of carbonyl (C=O) groups is 4. The molecule has 1 aliphatic carbocycles. The molecule has 77 heavy (non-hydrogen) atoms. The molecule has 21 rings (SSSR count). The first-order valence-corrected chi connectivity index (χ1v) is 25.1. The first kappa shape index (κ1) is 51.1. The van der Waals surface area contributed by atoms with Gasteiger partial charge in [0.2, 0.25) is 0 Å². The first-order valence-electron chi connectivity index (χ1n) is 25.1. The Kier molecular flexibility index (Phi) is 15.0. The van der Waals surface area contributed by atoms with Crippen LogP contribution >= 0.6 is 0 Å². The zero-order chi connectivity index (χ0) is 53.6. The Morgan fingerprint density at radius 1 is 0.597 bits per heavy atom. The molecule has 12 bridgehead atoms. The quantitative estimate of drug-likeness (QED) is 0.0746. The van der Waals surface area contributed by atoms with Crippen LogP contribution in [0.5, 0.6) is 11.5 Å². The van der Waals surface area contributed by atoms with E-state index in [9.17, 15) is 19.2 Å². The van der Waals surface area contributed by atoms with Gasteiger partial charge in [0.05, 0.1) is 74.9 Å². The van der Waals surface area contributed by atoms with Gasteiger partial charge in [-0.25, -0.2) is 24.2 Å². The van der Waals surface area contributed by atoms with E-state index in [1.807, 2.05) is 6.07 Å². The maximum absolute atomic E-state index is 12.9. The van der Waals surface area contributed by atoms with Crippen LogP contribution < -0.4 is 9.47 Å². The van der Waals surface area contributed by atoms with Crippen LogP contribution in [0.1, 0.15) is 94.2 Å². The standard InChI is InChI=1S/C63H54N4O10/c1-38-27-45-21-23-55(38)41-13-9-40(10-14-41)46-22-24-56(42-15-19-44(20-16-42)59-8-6-7-58(64-59)43-17-11-39(45)12-18-43)57(34-46)47(36-76-53-30-48(60(68)72-2)28-49(31-53)61(69)73-3)25-26-67-35-52(65-66-67)37-77-54-32-50(62(70)74-4)29-51(33-54)63(71)75-5/h6-11,13-24,27-35,39,47H,12,25-26,36-37H2,1-5H3/t39-,47?/m0/s1. The molecule has 13 aliphatic rings. The van der Waals surface area contributed by atoms with Crippen molar-refractivity contribution in [3.8, 4) is 56.1 Å². The molecule has 0 saturated heterocycles. The van der Waals surface area contributed by atoms with Gasteiger partial charge in [-0.1, -0.05) is 114 Å². The second-order valence-electron chi connectivity index (χ2n) is 18.8. The normalized spacial score (nSPS) is 13.5. The summed E-state index contributed by atoms with van der Waals surface area (Å²) >= 11 is 0. The van der Waals surface area contributed by atoms with Crippen LogP contribution in [0, 0.1) is 6.92 Å². The van der Waals surface area contributed by atoms with E-state index >= 15 is 0 Å². The highest BCUT2D eigenvalue weighted by atomic mass is 16.5. The molecule has 6 aromatic carbocycles. The second kappa shape index (κ2) is 22.6. The zero-order valence-electron chi connectivity index (χ0n) is 43.2. The van der Waals surface area contributed by atoms with Crippen molar-refractivity contribution in [2.24, 2.45) is 0 Å². The molecule has 14 heterocycles. The molecule has 12 aliphatic heterocycles. The minimum absolute atomic E-state index is 0.0299. The van der Waals surface area contributed by atoms with Gasteiger partial charge in [0.25, 0.3) is 0 Å². The molecular formula is C63H54N4O10. The lowest BCUT2D eigenvalue weighted by Gasteiger charge is -2.23. The van der Waals surface area contributed by atoms with E-state index in [2.05, 4.69) is 133 Å². The Labute approximate surface area is 445 Å². The molecule has 2 aromatic heterocycles. The van der Waals surface area contributed by atoms with Crippen LogP contribution in [-0.2, 0) is 32.1 Å². The average molecular weight is 1030 g/mol. The number of aromatic nitrogens is 4. The van der Waals surface area contributed by atoms with Crippen molar-refractivity contribution in [1.29, 1.82) is 0 Å². The summed E-state index contributed by atoms with van der Waals surface area (Å²) in [7, 11) is 5.04. The zero-order valence-corrected chi connectivity index (χ0v) is 43.2. The summed E-state index contributed by atoms with van der Waals surface area (Å²) in [6, 6.07) is 45.3. The summed E-state index contributed by atoms with van der Waals surface area (Å²) in [5.74, 6) is -2.12. The number of hydrogen-bond acceptors (Lipinski definition) is 13. The van der Waals surface area contributed by atoms with Crippen LogP contribution in [-0.4, -0.2) is 78.9 Å². The summed E-state index contributed by atoms with van der Waals surface area (Å²) in [6.45, 7) is 2.63. The van der Waals surface area contributed by atoms with Crippen LogP contribution in [0.3, 0.4) is 0 Å². The minimum atomic E-state index is -0.642. The van der Waals surface area contributed by atoms with Gasteiger partial charge in [-0.3, -0.25) is 4.68 Å². The molecule has 0 fully saturated rings. The van der Waals surface area contributed by atoms with E-state index in [0.29, 0.717) is 18.7 Å². The molecule has 14 nitrogen and oxygen atoms in total. The maximum atomic E-state index is 12.9. The van der Waals surface area contributed by atoms with Crippen LogP contribution in [0.15, 0.2) is 164 Å². The maximum Gasteiger partial charge on any atom is 0.338 e. The highest BCUT2D eigenvalue weighted by molar-refractivity contribution is 5.97. The summed E-state index contributed by atoms with van der Waals surface area (Å²) in [5.41, 5.74) is 14.5. The van der Waals surface area contributed by atoms with Crippen molar-refractivity contribution in [2.45, 2.75) is 44.8 Å². The van der Waals surface area contributed by atoms with Crippen molar-refractivity contribution in [2.75, 3.05) is 35.0 Å². The van der Waals surface area contributed by atoms with Crippen molar-refractivity contribution >= 4 is 29.5 Å². The summed E-state index contributed by atoms with van der Waals surface area (Å²) < 4.78 is 34.2. The lowest BCUT2D eigenvalue weighted by atomic mass is 9.85. The number of benzene rings is 6. The highest BCUT2D eigenvalue weighted by Crippen LogP contribution is 2.39. The number of ether oxygens (including phenoxy) is 6. The molecular weight excluding hydrogens is 973 g/mol. The van der Waals surface area contributed by atoms with Crippen molar-refractivity contribution in [1.82, 2.24) is 20.0 Å². The van der Waals surface area contributed by atoms with Crippen molar-refractivity contribution < 1.29 is 47.6 Å². The monoisotopic (exact) mass is 1030 g/mol. The van der Waals surface area contributed by atoms with Gasteiger partial charge < -0.3 is 28.4 Å². The number of methoxy groups -OCH3 is 4. The van der Waals surface area contributed by atoms with Crippen LogP contribution in [0.2, 0.25) is 0 Å². The third kappa shape index (κ3) is 11.3. The van der Waals surface area contributed by atoms with Gasteiger partial charge in [-0.05, 0) is 124 Å². The fourth-order valence-electron chi connectivity index (χ4n) is 9.85. The third-order valence-corrected chi connectivity index (χ3v) is 14.0. The summed E-state index contributed by atoms with van der Waals surface area (Å²) in [5, 5.41) is 8.84. The van der Waals surface area contributed by atoms with E-state index in [1.54, 1.807) is 23.0 Å². The molecule has 14 heteroatoms. The predicted molar refractivity (Wildman–Crippen MR) is 291 cm³/mol. The van der Waals surface area contributed by atoms with Gasteiger partial charge >= 0.3 is 23.9 Å². The van der Waals surface area contributed by atoms with E-state index in [1.165, 1.54) is 69.4 Å². The molecule has 8 aromatic rings. The molecule has 1 unspecified atom stereocenters. The predicted octanol–water partition coefficient (Wildman–Crippen LogP) is 12.1. The number of allylic oxidation sites excluding steroid dienone is 4. The highest BCUT2D eigenvalue weighted by Gasteiger charge is 2.23. The van der Waals surface area contributed by atoms with E-state index in [0.717, 1.165) is 62.3 Å². The summed E-state index contributed by atoms with van der Waals surface area (Å²) in [4.78, 5) is 55.8. The minimum Gasteiger partial charge on any atom is -0.493 e. The Balaban J connectivity index is 1.03.